The van der Waals surface area contributed by atoms with Gasteiger partial charge in [-0.25, -0.2) is 13.1 Å². The number of rotatable bonds is 7. The molecule has 0 amide bonds. The van der Waals surface area contributed by atoms with E-state index in [9.17, 15) is 8.42 Å². The third-order valence-corrected chi connectivity index (χ3v) is 3.89. The third-order valence-electron chi connectivity index (χ3n) is 3.16. The fourth-order valence-corrected chi connectivity index (χ4v) is 2.54. The molecule has 0 aromatic carbocycles. The molecule has 7 nitrogen and oxygen atoms in total. The van der Waals surface area contributed by atoms with Gasteiger partial charge in [0, 0.05) is 33.3 Å². The first-order valence-corrected chi connectivity index (χ1v) is 8.77. The molecule has 9 heteroatoms. The Labute approximate surface area is 144 Å². The molecule has 1 aliphatic rings. The maximum atomic E-state index is 10.9. The Morgan fingerprint density at radius 3 is 2.57 bits per heavy atom. The quantitative estimate of drug-likeness (QED) is 0.232. The molecule has 0 saturated carbocycles. The van der Waals surface area contributed by atoms with Crippen molar-refractivity contribution in [3.63, 3.8) is 0 Å². The van der Waals surface area contributed by atoms with Gasteiger partial charge < -0.3 is 15.4 Å². The van der Waals surface area contributed by atoms with Crippen molar-refractivity contribution in [2.45, 2.75) is 31.8 Å². The molecule has 1 heterocycles. The standard InChI is InChI=1S/C12H26N4O3S.HI/c1-12(6-4-9-19-12)10-15-11(13-2)14-7-5-8-16-20(3,17)18;/h16H,4-10H2,1-3H3,(H2,13,14,15);1H. The Kier molecular flexibility index (Phi) is 9.74. The van der Waals surface area contributed by atoms with Gasteiger partial charge in [0.05, 0.1) is 11.9 Å². The summed E-state index contributed by atoms with van der Waals surface area (Å²) in [5.41, 5.74) is -0.116. The minimum absolute atomic E-state index is 0. The maximum Gasteiger partial charge on any atom is 0.208 e. The van der Waals surface area contributed by atoms with Gasteiger partial charge in [-0.2, -0.15) is 0 Å². The van der Waals surface area contributed by atoms with E-state index in [-0.39, 0.29) is 29.6 Å². The van der Waals surface area contributed by atoms with Crippen LogP contribution in [0.1, 0.15) is 26.2 Å². The molecular weight excluding hydrogens is 407 g/mol. The normalized spacial score (nSPS) is 22.7. The van der Waals surface area contributed by atoms with Gasteiger partial charge in [0.1, 0.15) is 0 Å². The van der Waals surface area contributed by atoms with Crippen LogP contribution in [-0.2, 0) is 14.8 Å². The van der Waals surface area contributed by atoms with Crippen LogP contribution in [0, 0.1) is 0 Å². The van der Waals surface area contributed by atoms with Crippen LogP contribution in [0.2, 0.25) is 0 Å². The molecule has 0 radical (unpaired) electrons. The van der Waals surface area contributed by atoms with Crippen molar-refractivity contribution >= 4 is 40.0 Å². The van der Waals surface area contributed by atoms with Crippen LogP contribution in [0.3, 0.4) is 0 Å². The molecule has 21 heavy (non-hydrogen) atoms. The van der Waals surface area contributed by atoms with Crippen LogP contribution >= 0.6 is 24.0 Å². The van der Waals surface area contributed by atoms with Crippen molar-refractivity contribution in [3.05, 3.63) is 0 Å². The second kappa shape index (κ2) is 9.80. The average molecular weight is 434 g/mol. The lowest BCUT2D eigenvalue weighted by atomic mass is 10.0. The lowest BCUT2D eigenvalue weighted by molar-refractivity contribution is 0.0243. The van der Waals surface area contributed by atoms with E-state index in [0.29, 0.717) is 32.0 Å². The van der Waals surface area contributed by atoms with Crippen LogP contribution in [0.4, 0.5) is 0 Å². The average Bonchev–Trinajstić information content (AvgIpc) is 2.79. The summed E-state index contributed by atoms with van der Waals surface area (Å²) in [4.78, 5) is 4.13. The molecule has 3 N–H and O–H groups in total. The highest BCUT2D eigenvalue weighted by molar-refractivity contribution is 14.0. The molecule has 0 spiro atoms. The minimum Gasteiger partial charge on any atom is -0.373 e. The Hall–Kier alpha value is -0.130. The molecule has 0 bridgehead atoms. The molecule has 1 saturated heterocycles. The van der Waals surface area contributed by atoms with Crippen LogP contribution in [0.15, 0.2) is 4.99 Å². The molecule has 1 aliphatic heterocycles. The van der Waals surface area contributed by atoms with Crippen LogP contribution < -0.4 is 15.4 Å². The SMILES string of the molecule is CN=C(NCCCNS(C)(=O)=O)NCC1(C)CCCO1.I. The molecular formula is C12H27IN4O3S. The monoisotopic (exact) mass is 434 g/mol. The third kappa shape index (κ3) is 9.48. The van der Waals surface area contributed by atoms with E-state index in [1.807, 2.05) is 0 Å². The Bertz CT molecular complexity index is 422. The summed E-state index contributed by atoms with van der Waals surface area (Å²) in [6, 6.07) is 0. The van der Waals surface area contributed by atoms with Crippen molar-refractivity contribution in [1.29, 1.82) is 0 Å². The van der Waals surface area contributed by atoms with Gasteiger partial charge in [-0.15, -0.1) is 24.0 Å². The second-order valence-electron chi connectivity index (χ2n) is 5.27. The highest BCUT2D eigenvalue weighted by Gasteiger charge is 2.29. The number of aliphatic imine (C=N–C) groups is 1. The number of hydrogen-bond donors (Lipinski definition) is 3. The predicted octanol–water partition coefficient (Wildman–Crippen LogP) is 0.278. The van der Waals surface area contributed by atoms with E-state index in [2.05, 4.69) is 27.3 Å². The van der Waals surface area contributed by atoms with Crippen LogP contribution in [0.25, 0.3) is 0 Å². The van der Waals surface area contributed by atoms with E-state index in [4.69, 9.17) is 4.74 Å². The predicted molar refractivity (Wildman–Crippen MR) is 95.8 cm³/mol. The zero-order valence-electron chi connectivity index (χ0n) is 12.9. The summed E-state index contributed by atoms with van der Waals surface area (Å²) in [5, 5.41) is 6.38. The van der Waals surface area contributed by atoms with Gasteiger partial charge >= 0.3 is 0 Å². The van der Waals surface area contributed by atoms with E-state index in [1.54, 1.807) is 7.05 Å². The minimum atomic E-state index is -3.10. The number of nitrogens with zero attached hydrogens (tertiary/aromatic N) is 1. The number of ether oxygens (including phenoxy) is 1. The van der Waals surface area contributed by atoms with Crippen molar-refractivity contribution in [2.24, 2.45) is 4.99 Å². The lowest BCUT2D eigenvalue weighted by Crippen LogP contribution is -2.46. The zero-order valence-corrected chi connectivity index (χ0v) is 16.1. The molecule has 1 rings (SSSR count). The molecule has 126 valence electrons. The van der Waals surface area contributed by atoms with Crippen LogP contribution in [0.5, 0.6) is 0 Å². The molecule has 0 aromatic heterocycles. The van der Waals surface area contributed by atoms with E-state index in [1.165, 1.54) is 0 Å². The van der Waals surface area contributed by atoms with Crippen LogP contribution in [-0.4, -0.2) is 59.5 Å². The largest absolute Gasteiger partial charge is 0.373 e. The summed E-state index contributed by atoms with van der Waals surface area (Å²) in [6.45, 7) is 4.70. The van der Waals surface area contributed by atoms with Gasteiger partial charge in [0.25, 0.3) is 0 Å². The fraction of sp³-hybridized carbons (Fsp3) is 0.917. The number of sulfonamides is 1. The molecule has 0 aromatic rings. The molecule has 1 fully saturated rings. The number of hydrogen-bond acceptors (Lipinski definition) is 4. The summed E-state index contributed by atoms with van der Waals surface area (Å²) in [7, 11) is -1.39. The summed E-state index contributed by atoms with van der Waals surface area (Å²) in [5.74, 6) is 0.709. The highest BCUT2D eigenvalue weighted by atomic mass is 127. The first-order valence-electron chi connectivity index (χ1n) is 6.88. The molecule has 1 unspecified atom stereocenters. The van der Waals surface area contributed by atoms with E-state index in [0.717, 1.165) is 25.7 Å². The van der Waals surface area contributed by atoms with Gasteiger partial charge in [-0.3, -0.25) is 4.99 Å². The number of halogens is 1. The van der Waals surface area contributed by atoms with Gasteiger partial charge in [0.15, 0.2) is 5.96 Å². The zero-order chi connectivity index (χ0) is 15.1. The van der Waals surface area contributed by atoms with Crippen molar-refractivity contribution < 1.29 is 13.2 Å². The highest BCUT2D eigenvalue weighted by Crippen LogP contribution is 2.23. The first kappa shape index (κ1) is 20.9. The Balaban J connectivity index is 0.00000400. The van der Waals surface area contributed by atoms with Gasteiger partial charge in [-0.1, -0.05) is 0 Å². The van der Waals surface area contributed by atoms with Crippen molar-refractivity contribution in [1.82, 2.24) is 15.4 Å². The topological polar surface area (TPSA) is 91.8 Å². The molecule has 0 aliphatic carbocycles. The Morgan fingerprint density at radius 1 is 1.33 bits per heavy atom. The van der Waals surface area contributed by atoms with E-state index < -0.39 is 10.0 Å². The number of guanidine groups is 1. The second-order valence-corrected chi connectivity index (χ2v) is 7.11. The maximum absolute atomic E-state index is 10.9. The summed E-state index contributed by atoms with van der Waals surface area (Å²) < 4.78 is 29.9. The Morgan fingerprint density at radius 2 is 2.05 bits per heavy atom. The first-order chi connectivity index (χ1) is 9.35. The summed E-state index contributed by atoms with van der Waals surface area (Å²) >= 11 is 0. The van der Waals surface area contributed by atoms with Gasteiger partial charge in [0.2, 0.25) is 10.0 Å². The molecule has 1 atom stereocenters. The smallest absolute Gasteiger partial charge is 0.208 e. The van der Waals surface area contributed by atoms with Crippen molar-refractivity contribution in [3.8, 4) is 0 Å². The van der Waals surface area contributed by atoms with Crippen molar-refractivity contribution in [2.75, 3.05) is 39.5 Å². The fourth-order valence-electron chi connectivity index (χ4n) is 2.02. The van der Waals surface area contributed by atoms with Gasteiger partial charge in [-0.05, 0) is 26.2 Å². The lowest BCUT2D eigenvalue weighted by Gasteiger charge is -2.24. The number of nitrogens with one attached hydrogen (secondary N) is 3. The van der Waals surface area contributed by atoms with E-state index >= 15 is 0 Å². The summed E-state index contributed by atoms with van der Waals surface area (Å²) in [6.07, 6.45) is 4.00.